The van der Waals surface area contributed by atoms with E-state index >= 15 is 0 Å². The van der Waals surface area contributed by atoms with E-state index < -0.39 is 11.9 Å². The van der Waals surface area contributed by atoms with Crippen molar-refractivity contribution in [2.45, 2.75) is 25.9 Å². The maximum Gasteiger partial charge on any atom is 0.257 e. The summed E-state index contributed by atoms with van der Waals surface area (Å²) in [4.78, 5) is 42.2. The van der Waals surface area contributed by atoms with Crippen molar-refractivity contribution in [3.05, 3.63) is 101 Å². The number of hydrogen-bond donors (Lipinski definition) is 0. The Balaban J connectivity index is 1.67. The molecule has 3 aromatic carbocycles. The number of anilines is 1. The predicted molar refractivity (Wildman–Crippen MR) is 120 cm³/mol. The zero-order chi connectivity index (χ0) is 22.7. The van der Waals surface area contributed by atoms with E-state index in [-0.39, 0.29) is 24.8 Å². The second-order valence-electron chi connectivity index (χ2n) is 7.73. The van der Waals surface area contributed by atoms with Crippen LogP contribution >= 0.6 is 0 Å². The van der Waals surface area contributed by atoms with E-state index in [1.165, 1.54) is 4.90 Å². The van der Waals surface area contributed by atoms with Gasteiger partial charge in [-0.25, -0.2) is 4.90 Å². The minimum atomic E-state index is -0.910. The van der Waals surface area contributed by atoms with Crippen LogP contribution in [-0.4, -0.2) is 28.7 Å². The van der Waals surface area contributed by atoms with Gasteiger partial charge in [0.25, 0.3) is 11.8 Å². The van der Waals surface area contributed by atoms with Gasteiger partial charge in [-0.15, -0.1) is 0 Å². The second kappa shape index (κ2) is 8.86. The van der Waals surface area contributed by atoms with Gasteiger partial charge in [-0.1, -0.05) is 48.0 Å². The van der Waals surface area contributed by atoms with Crippen LogP contribution in [0.3, 0.4) is 0 Å². The molecule has 0 bridgehead atoms. The Morgan fingerprint density at radius 2 is 1.66 bits per heavy atom. The topological polar surface area (TPSA) is 81.5 Å². The van der Waals surface area contributed by atoms with Gasteiger partial charge in [-0.05, 0) is 48.9 Å². The Hall–Kier alpha value is -4.24. The lowest BCUT2D eigenvalue weighted by molar-refractivity contribution is -0.122. The lowest BCUT2D eigenvalue weighted by Crippen LogP contribution is -2.45. The van der Waals surface area contributed by atoms with Gasteiger partial charge < -0.3 is 4.90 Å². The first-order chi connectivity index (χ1) is 15.5. The van der Waals surface area contributed by atoms with E-state index in [4.69, 9.17) is 5.26 Å². The Labute approximate surface area is 186 Å². The smallest absolute Gasteiger partial charge is 0.257 e. The third-order valence-electron chi connectivity index (χ3n) is 5.51. The molecule has 0 N–H and O–H groups in total. The molecular formula is C26H21N3O3. The van der Waals surface area contributed by atoms with E-state index in [1.54, 1.807) is 36.4 Å². The molecular weight excluding hydrogens is 402 g/mol. The van der Waals surface area contributed by atoms with E-state index in [0.29, 0.717) is 16.8 Å². The molecule has 1 aliphatic rings. The quantitative estimate of drug-likeness (QED) is 0.584. The van der Waals surface area contributed by atoms with Crippen LogP contribution < -0.4 is 4.90 Å². The summed E-state index contributed by atoms with van der Waals surface area (Å²) in [7, 11) is 0. The number of carbonyl (C=O) groups is 3. The zero-order valence-corrected chi connectivity index (χ0v) is 17.6. The highest BCUT2D eigenvalue weighted by molar-refractivity contribution is 6.23. The summed E-state index contributed by atoms with van der Waals surface area (Å²) in [6.45, 7) is 2.14. The van der Waals surface area contributed by atoms with Crippen molar-refractivity contribution in [3.63, 3.8) is 0 Å². The Bertz CT molecular complexity index is 1200. The minimum absolute atomic E-state index is 0.0940. The van der Waals surface area contributed by atoms with Gasteiger partial charge >= 0.3 is 0 Å². The monoisotopic (exact) mass is 423 g/mol. The number of hydrogen-bond acceptors (Lipinski definition) is 4. The molecule has 3 amide bonds. The first-order valence-electron chi connectivity index (χ1n) is 10.3. The van der Waals surface area contributed by atoms with Crippen molar-refractivity contribution in [1.82, 2.24) is 4.90 Å². The van der Waals surface area contributed by atoms with Gasteiger partial charge in [-0.3, -0.25) is 14.4 Å². The molecule has 1 heterocycles. The average molecular weight is 423 g/mol. The summed E-state index contributed by atoms with van der Waals surface area (Å²) in [5, 5.41) is 9.00. The highest BCUT2D eigenvalue weighted by Gasteiger charge is 2.44. The lowest BCUT2D eigenvalue weighted by atomic mass is 10.1. The van der Waals surface area contributed by atoms with Crippen LogP contribution in [0.1, 0.15) is 33.5 Å². The highest BCUT2D eigenvalue weighted by atomic mass is 16.2. The number of amides is 3. The van der Waals surface area contributed by atoms with Crippen LogP contribution in [0.5, 0.6) is 0 Å². The van der Waals surface area contributed by atoms with Gasteiger partial charge in [0.15, 0.2) is 0 Å². The lowest BCUT2D eigenvalue weighted by Gasteiger charge is -2.28. The molecule has 32 heavy (non-hydrogen) atoms. The number of benzene rings is 3. The maximum absolute atomic E-state index is 13.4. The normalized spacial score (nSPS) is 15.5. The molecule has 1 aliphatic heterocycles. The molecule has 1 fully saturated rings. The summed E-state index contributed by atoms with van der Waals surface area (Å²) in [5.74, 6) is -1.13. The molecule has 3 aromatic rings. The molecule has 6 heteroatoms. The van der Waals surface area contributed by atoms with Crippen LogP contribution in [0.25, 0.3) is 0 Å². The highest BCUT2D eigenvalue weighted by Crippen LogP contribution is 2.28. The van der Waals surface area contributed by atoms with Crippen molar-refractivity contribution in [2.75, 3.05) is 4.90 Å². The van der Waals surface area contributed by atoms with Crippen LogP contribution in [0, 0.1) is 18.3 Å². The molecule has 4 rings (SSSR count). The van der Waals surface area contributed by atoms with Crippen molar-refractivity contribution in [2.24, 2.45) is 0 Å². The van der Waals surface area contributed by atoms with Gasteiger partial charge in [0.2, 0.25) is 5.91 Å². The molecule has 1 unspecified atom stereocenters. The van der Waals surface area contributed by atoms with E-state index in [9.17, 15) is 14.4 Å². The molecule has 158 valence electrons. The van der Waals surface area contributed by atoms with Crippen LogP contribution in [-0.2, 0) is 16.1 Å². The SMILES string of the molecule is Cc1ccc(C(=O)N(Cc2ccccc2)C2CC(=O)N(c3ccc(C#N)cc3)C2=O)cc1. The fraction of sp³-hybridized carbons (Fsp3) is 0.154. The maximum atomic E-state index is 13.4. The predicted octanol–water partition coefficient (Wildman–Crippen LogP) is 3.84. The summed E-state index contributed by atoms with van der Waals surface area (Å²) in [6.07, 6.45) is -0.0940. The van der Waals surface area contributed by atoms with Crippen molar-refractivity contribution in [3.8, 4) is 6.07 Å². The summed E-state index contributed by atoms with van der Waals surface area (Å²) in [6, 6.07) is 23.9. The molecule has 6 nitrogen and oxygen atoms in total. The third-order valence-corrected chi connectivity index (χ3v) is 5.51. The van der Waals surface area contributed by atoms with Crippen molar-refractivity contribution in [1.29, 1.82) is 5.26 Å². The van der Waals surface area contributed by atoms with Crippen LogP contribution in [0.2, 0.25) is 0 Å². The van der Waals surface area contributed by atoms with E-state index in [1.807, 2.05) is 55.5 Å². The molecule has 0 saturated carbocycles. The van der Waals surface area contributed by atoms with Gasteiger partial charge in [0.05, 0.1) is 23.7 Å². The standard InChI is InChI=1S/C26H21N3O3/c1-18-7-11-21(12-8-18)25(31)28(17-20-5-3-2-4-6-20)23-15-24(30)29(26(23)32)22-13-9-19(16-27)10-14-22/h2-14,23H,15,17H2,1H3. The summed E-state index contributed by atoms with van der Waals surface area (Å²) >= 11 is 0. The van der Waals surface area contributed by atoms with Crippen molar-refractivity contribution < 1.29 is 14.4 Å². The number of aryl methyl sites for hydroxylation is 1. The largest absolute Gasteiger partial charge is 0.322 e. The molecule has 0 spiro atoms. The Morgan fingerprint density at radius 1 is 1.00 bits per heavy atom. The molecule has 0 aliphatic carbocycles. The fourth-order valence-corrected chi connectivity index (χ4v) is 3.78. The number of carbonyl (C=O) groups excluding carboxylic acids is 3. The minimum Gasteiger partial charge on any atom is -0.322 e. The fourth-order valence-electron chi connectivity index (χ4n) is 3.78. The summed E-state index contributed by atoms with van der Waals surface area (Å²) < 4.78 is 0. The Kier molecular flexibility index (Phi) is 5.82. The van der Waals surface area contributed by atoms with Crippen LogP contribution in [0.15, 0.2) is 78.9 Å². The number of nitrogens with zero attached hydrogens (tertiary/aromatic N) is 3. The number of nitriles is 1. The number of rotatable bonds is 5. The van der Waals surface area contributed by atoms with Gasteiger partial charge in [0.1, 0.15) is 6.04 Å². The Morgan fingerprint density at radius 3 is 2.28 bits per heavy atom. The van der Waals surface area contributed by atoms with Gasteiger partial charge in [-0.2, -0.15) is 5.26 Å². The van der Waals surface area contributed by atoms with E-state index in [2.05, 4.69) is 0 Å². The summed E-state index contributed by atoms with van der Waals surface area (Å²) in [5.41, 5.74) is 3.18. The molecule has 1 atom stereocenters. The van der Waals surface area contributed by atoms with E-state index in [0.717, 1.165) is 16.0 Å². The first-order valence-corrected chi connectivity index (χ1v) is 10.3. The molecule has 0 radical (unpaired) electrons. The van der Waals surface area contributed by atoms with Crippen molar-refractivity contribution >= 4 is 23.4 Å². The zero-order valence-electron chi connectivity index (χ0n) is 17.6. The average Bonchev–Trinajstić information content (AvgIpc) is 3.11. The van der Waals surface area contributed by atoms with Crippen LogP contribution in [0.4, 0.5) is 5.69 Å². The van der Waals surface area contributed by atoms with Gasteiger partial charge in [0, 0.05) is 12.1 Å². The molecule has 0 aromatic heterocycles. The third kappa shape index (κ3) is 4.14. The first kappa shape index (κ1) is 21.0. The molecule has 1 saturated heterocycles. The second-order valence-corrected chi connectivity index (χ2v) is 7.73. The number of imide groups is 1.